The second kappa shape index (κ2) is 17.1. The molecule has 9 nitrogen and oxygen atoms in total. The molecule has 0 spiro atoms. The molecule has 51 heavy (non-hydrogen) atoms. The quantitative estimate of drug-likeness (QED) is 0.0643. The lowest BCUT2D eigenvalue weighted by atomic mass is 9.70. The minimum Gasteiger partial charge on any atom is -0.504 e. The van der Waals surface area contributed by atoms with Crippen LogP contribution in [0.4, 0.5) is 0 Å². The molecule has 4 aromatic carbocycles. The number of aliphatic hydroxyl groups is 1. The Balaban J connectivity index is 1.18. The van der Waals surface area contributed by atoms with Gasteiger partial charge in [-0.3, -0.25) is 10.5 Å². The number of rotatable bonds is 15. The molecule has 270 valence electrons. The number of phenols is 3. The molecule has 1 fully saturated rings. The lowest BCUT2D eigenvalue weighted by Crippen LogP contribution is -2.43. The van der Waals surface area contributed by atoms with E-state index in [1.165, 1.54) is 17.2 Å². The predicted molar refractivity (Wildman–Crippen MR) is 196 cm³/mol. The summed E-state index contributed by atoms with van der Waals surface area (Å²) in [4.78, 5) is 13.1. The van der Waals surface area contributed by atoms with Crippen LogP contribution in [0.1, 0.15) is 72.3 Å². The molecule has 0 saturated carbocycles. The Bertz CT molecular complexity index is 1750. The number of piperidine rings is 1. The van der Waals surface area contributed by atoms with Gasteiger partial charge in [-0.25, -0.2) is 0 Å². The average Bonchev–Trinajstić information content (AvgIpc) is 3.13. The summed E-state index contributed by atoms with van der Waals surface area (Å²) in [5, 5.41) is 47.2. The maximum Gasteiger partial charge on any atom is 0.200 e. The molecule has 0 amide bonds. The summed E-state index contributed by atoms with van der Waals surface area (Å²) >= 11 is 0. The number of ether oxygens (including phenoxy) is 2. The summed E-state index contributed by atoms with van der Waals surface area (Å²) in [7, 11) is 0. The molecule has 1 heterocycles. The van der Waals surface area contributed by atoms with Crippen molar-refractivity contribution in [1.82, 2.24) is 5.32 Å². The summed E-state index contributed by atoms with van der Waals surface area (Å²) < 4.78 is 11.9. The van der Waals surface area contributed by atoms with Crippen molar-refractivity contribution >= 4 is 5.78 Å². The minimum absolute atomic E-state index is 0.000565. The highest BCUT2D eigenvalue weighted by atomic mass is 16.5. The van der Waals surface area contributed by atoms with Crippen LogP contribution >= 0.6 is 0 Å². The lowest BCUT2D eigenvalue weighted by Gasteiger charge is -2.37. The van der Waals surface area contributed by atoms with Crippen LogP contribution in [0.2, 0.25) is 0 Å². The van der Waals surface area contributed by atoms with Crippen LogP contribution in [0.3, 0.4) is 0 Å². The third-order valence-corrected chi connectivity index (χ3v) is 10.4. The van der Waals surface area contributed by atoms with Crippen LogP contribution in [0.5, 0.6) is 28.7 Å². The van der Waals surface area contributed by atoms with E-state index >= 15 is 0 Å². The lowest BCUT2D eigenvalue weighted by molar-refractivity contribution is -0.121. The number of fused-ring (bicyclic) bond motifs is 1. The first-order valence-corrected chi connectivity index (χ1v) is 18.2. The first-order chi connectivity index (χ1) is 24.8. The van der Waals surface area contributed by atoms with Crippen molar-refractivity contribution in [3.8, 4) is 28.7 Å². The largest absolute Gasteiger partial charge is 0.504 e. The number of aryl methyl sites for hydroxylation is 1. The van der Waals surface area contributed by atoms with Crippen LogP contribution in [-0.4, -0.2) is 57.7 Å². The molecule has 1 aliphatic carbocycles. The first-order valence-electron chi connectivity index (χ1n) is 18.2. The molecule has 2 aliphatic rings. The van der Waals surface area contributed by atoms with Gasteiger partial charge in [-0.1, -0.05) is 66.7 Å². The number of aromatic hydroxyl groups is 3. The van der Waals surface area contributed by atoms with Gasteiger partial charge in [0.1, 0.15) is 18.6 Å². The Morgan fingerprint density at radius 1 is 0.882 bits per heavy atom. The molecule has 9 heteroatoms. The third-order valence-electron chi connectivity index (χ3n) is 10.4. The second-order valence-corrected chi connectivity index (χ2v) is 14.1. The zero-order chi connectivity index (χ0) is 35.7. The van der Waals surface area contributed by atoms with E-state index in [-0.39, 0.29) is 72.3 Å². The maximum absolute atomic E-state index is 13.1. The van der Waals surface area contributed by atoms with Gasteiger partial charge >= 0.3 is 0 Å². The molecule has 0 bridgehead atoms. The van der Waals surface area contributed by atoms with Gasteiger partial charge in [0.05, 0.1) is 6.10 Å². The average molecular weight is 695 g/mol. The van der Waals surface area contributed by atoms with E-state index in [0.29, 0.717) is 25.0 Å². The Morgan fingerprint density at radius 2 is 1.61 bits per heavy atom. The van der Waals surface area contributed by atoms with Gasteiger partial charge in [-0.15, -0.1) is 0 Å². The summed E-state index contributed by atoms with van der Waals surface area (Å²) in [5.41, 5.74) is 10.5. The van der Waals surface area contributed by atoms with E-state index in [1.807, 2.05) is 36.4 Å². The number of nitrogens with two attached hydrogens (primary N) is 1. The number of carbonyl (C=O) groups is 1. The number of aliphatic hydroxyl groups excluding tert-OH is 1. The van der Waals surface area contributed by atoms with Gasteiger partial charge in [-0.05, 0) is 110 Å². The molecular formula is C42H50N2O7. The topological polar surface area (TPSA) is 154 Å². The van der Waals surface area contributed by atoms with Crippen LogP contribution in [0, 0.1) is 5.92 Å². The number of benzene rings is 4. The van der Waals surface area contributed by atoms with E-state index in [1.54, 1.807) is 18.2 Å². The molecule has 7 N–H and O–H groups in total. The normalized spacial score (nSPS) is 20.7. The van der Waals surface area contributed by atoms with Gasteiger partial charge in [0.15, 0.2) is 23.0 Å². The Labute approximate surface area is 300 Å². The summed E-state index contributed by atoms with van der Waals surface area (Å²) in [6, 6.07) is 27.4. The summed E-state index contributed by atoms with van der Waals surface area (Å²) in [5.74, 6) is 0.0360. The SMILES string of the molecule is NCOc1cc(CCC(=O)C[C@H](O)C[C@H]2c3cc(O)c(O)c(O[C@@H]4CCN[C@H](Cc5ccccc5)C4)c3CC[C@H]2Cc2ccccc2)ccc1O. The summed E-state index contributed by atoms with van der Waals surface area (Å²) in [6.07, 6.45) is 4.66. The van der Waals surface area contributed by atoms with Crippen molar-refractivity contribution < 1.29 is 34.7 Å². The molecule has 1 aliphatic heterocycles. The van der Waals surface area contributed by atoms with Crippen molar-refractivity contribution in [3.05, 3.63) is 113 Å². The van der Waals surface area contributed by atoms with Gasteiger partial charge in [-0.2, -0.15) is 0 Å². The smallest absolute Gasteiger partial charge is 0.200 e. The highest BCUT2D eigenvalue weighted by Gasteiger charge is 2.36. The van der Waals surface area contributed by atoms with Crippen LogP contribution in [-0.2, 0) is 30.5 Å². The molecule has 1 saturated heterocycles. The zero-order valence-corrected chi connectivity index (χ0v) is 29.0. The Morgan fingerprint density at radius 3 is 2.33 bits per heavy atom. The van der Waals surface area contributed by atoms with Gasteiger partial charge < -0.3 is 35.2 Å². The molecular weight excluding hydrogens is 644 g/mol. The Hall–Kier alpha value is -4.57. The van der Waals surface area contributed by atoms with E-state index in [4.69, 9.17) is 15.2 Å². The Kier molecular flexibility index (Phi) is 12.1. The fourth-order valence-electron chi connectivity index (χ4n) is 7.91. The molecule has 0 unspecified atom stereocenters. The van der Waals surface area contributed by atoms with Crippen molar-refractivity contribution in [2.24, 2.45) is 11.7 Å². The highest BCUT2D eigenvalue weighted by molar-refractivity contribution is 5.79. The van der Waals surface area contributed by atoms with Crippen molar-refractivity contribution in [2.45, 2.75) is 88.4 Å². The fraction of sp³-hybridized carbons (Fsp3) is 0.405. The van der Waals surface area contributed by atoms with Crippen molar-refractivity contribution in [1.29, 1.82) is 0 Å². The minimum atomic E-state index is -0.897. The number of hydrogen-bond donors (Lipinski definition) is 6. The second-order valence-electron chi connectivity index (χ2n) is 14.1. The van der Waals surface area contributed by atoms with Gasteiger partial charge in [0.2, 0.25) is 5.75 Å². The first kappa shape index (κ1) is 36.2. The van der Waals surface area contributed by atoms with E-state index in [0.717, 1.165) is 55.3 Å². The monoisotopic (exact) mass is 694 g/mol. The number of ketones is 1. The van der Waals surface area contributed by atoms with Crippen LogP contribution < -0.4 is 20.5 Å². The molecule has 5 atom stereocenters. The molecule has 6 rings (SSSR count). The van der Waals surface area contributed by atoms with Gasteiger partial charge in [0, 0.05) is 24.4 Å². The number of nitrogens with one attached hydrogen (secondary N) is 1. The fourth-order valence-corrected chi connectivity index (χ4v) is 7.91. The summed E-state index contributed by atoms with van der Waals surface area (Å²) in [6.45, 7) is 0.720. The zero-order valence-electron chi connectivity index (χ0n) is 29.0. The van der Waals surface area contributed by atoms with Gasteiger partial charge in [0.25, 0.3) is 0 Å². The number of phenolic OH excluding ortho intramolecular Hbond substituents is 3. The maximum atomic E-state index is 13.1. The standard InChI is InChI=1S/C42H50N2O7/c43-26-50-40-21-29(12-16-38(40)47)11-14-32(45)23-33(46)24-36-30(19-27-7-3-1-4-8-27)13-15-35-37(36)25-39(48)41(49)42(35)51-34-17-18-44-31(22-34)20-28-9-5-2-6-10-28/h1-10,12,16,21,25,30-31,33-34,36,44,46-49H,11,13-15,17-20,22-24,26,43H2/t30-,31+,33-,34+,36+/m0/s1. The predicted octanol–water partition coefficient (Wildman–Crippen LogP) is 6.07. The van der Waals surface area contributed by atoms with Crippen molar-refractivity contribution in [2.75, 3.05) is 13.3 Å². The number of carbonyl (C=O) groups excluding carboxylic acids is 1. The molecule has 0 radical (unpaired) electrons. The van der Waals surface area contributed by atoms with E-state index < -0.39 is 6.10 Å². The van der Waals surface area contributed by atoms with Crippen molar-refractivity contribution in [3.63, 3.8) is 0 Å². The molecule has 0 aromatic heterocycles. The molecule has 4 aromatic rings. The number of Topliss-reactive ketones (excluding diaryl/α,β-unsaturated/α-hetero) is 1. The van der Waals surface area contributed by atoms with E-state index in [2.05, 4.69) is 29.6 Å². The third kappa shape index (κ3) is 9.41. The van der Waals surface area contributed by atoms with Crippen LogP contribution in [0.25, 0.3) is 0 Å². The van der Waals surface area contributed by atoms with Crippen LogP contribution in [0.15, 0.2) is 84.9 Å². The highest BCUT2D eigenvalue weighted by Crippen LogP contribution is 2.50. The van der Waals surface area contributed by atoms with E-state index in [9.17, 15) is 25.2 Å². The number of hydrogen-bond acceptors (Lipinski definition) is 9.